The fraction of sp³-hybridized carbons (Fsp3) is 0.211. The minimum Gasteiger partial charge on any atom is -0.478 e. The Bertz CT molecular complexity index is 794. The Labute approximate surface area is 146 Å². The molecule has 0 fully saturated rings. The summed E-state index contributed by atoms with van der Waals surface area (Å²) in [5.74, 6) is 1.23. The van der Waals surface area contributed by atoms with E-state index in [0.29, 0.717) is 24.8 Å². The molecule has 3 aromatic rings. The van der Waals surface area contributed by atoms with Gasteiger partial charge in [0.2, 0.25) is 5.88 Å². The van der Waals surface area contributed by atoms with E-state index in [1.807, 2.05) is 55.5 Å². The summed E-state index contributed by atoms with van der Waals surface area (Å²) in [7, 11) is 0. The third-order valence-electron chi connectivity index (χ3n) is 3.65. The first-order valence-electron chi connectivity index (χ1n) is 8.14. The van der Waals surface area contributed by atoms with Crippen molar-refractivity contribution in [3.05, 3.63) is 66.6 Å². The molecule has 0 unspecified atom stereocenters. The number of aliphatic hydroxyl groups is 1. The molecule has 0 aliphatic rings. The van der Waals surface area contributed by atoms with E-state index in [-0.39, 0.29) is 0 Å². The number of pyridine rings is 1. The van der Waals surface area contributed by atoms with Gasteiger partial charge in [-0.05, 0) is 18.6 Å². The summed E-state index contributed by atoms with van der Waals surface area (Å²) in [6.07, 6.45) is 2.60. The summed E-state index contributed by atoms with van der Waals surface area (Å²) in [4.78, 5) is 12.7. The molecular weight excluding hydrogens is 316 g/mol. The van der Waals surface area contributed by atoms with Crippen LogP contribution in [0.5, 0.6) is 5.88 Å². The molecule has 0 aliphatic carbocycles. The van der Waals surface area contributed by atoms with E-state index in [9.17, 15) is 5.11 Å². The van der Waals surface area contributed by atoms with Gasteiger partial charge in [0.1, 0.15) is 12.1 Å². The lowest BCUT2D eigenvalue weighted by molar-refractivity contribution is 0.191. The molecule has 0 saturated heterocycles. The van der Waals surface area contributed by atoms with E-state index < -0.39 is 6.10 Å². The van der Waals surface area contributed by atoms with E-state index in [0.717, 1.165) is 16.8 Å². The molecule has 3 rings (SSSR count). The first kappa shape index (κ1) is 16.9. The van der Waals surface area contributed by atoms with Crippen molar-refractivity contribution < 1.29 is 9.84 Å². The zero-order chi connectivity index (χ0) is 17.5. The number of benzene rings is 1. The van der Waals surface area contributed by atoms with Crippen LogP contribution in [-0.4, -0.2) is 33.2 Å². The van der Waals surface area contributed by atoms with Crippen molar-refractivity contribution in [3.8, 4) is 17.1 Å². The quantitative estimate of drug-likeness (QED) is 0.690. The maximum Gasteiger partial charge on any atom is 0.213 e. The smallest absolute Gasteiger partial charge is 0.213 e. The van der Waals surface area contributed by atoms with Gasteiger partial charge in [0.15, 0.2) is 0 Å². The molecule has 0 spiro atoms. The molecule has 0 aliphatic heterocycles. The third kappa shape index (κ3) is 4.51. The Morgan fingerprint density at radius 3 is 2.64 bits per heavy atom. The molecule has 6 heteroatoms. The second-order valence-electron chi connectivity index (χ2n) is 5.41. The highest BCUT2D eigenvalue weighted by Gasteiger charge is 2.08. The summed E-state index contributed by atoms with van der Waals surface area (Å²) in [6.45, 7) is 2.86. The van der Waals surface area contributed by atoms with Gasteiger partial charge in [0, 0.05) is 30.4 Å². The van der Waals surface area contributed by atoms with Crippen molar-refractivity contribution in [2.75, 3.05) is 18.5 Å². The monoisotopic (exact) mass is 336 g/mol. The summed E-state index contributed by atoms with van der Waals surface area (Å²) in [5, 5.41) is 13.4. The minimum absolute atomic E-state index is 0.363. The lowest BCUT2D eigenvalue weighted by atomic mass is 10.1. The molecule has 6 nitrogen and oxygen atoms in total. The molecule has 1 aromatic carbocycles. The highest BCUT2D eigenvalue weighted by Crippen LogP contribution is 2.20. The molecule has 1 atom stereocenters. The minimum atomic E-state index is -0.605. The first-order valence-corrected chi connectivity index (χ1v) is 8.14. The number of nitrogens with one attached hydrogen (secondary N) is 1. The highest BCUT2D eigenvalue weighted by molar-refractivity contribution is 5.61. The normalized spacial score (nSPS) is 11.8. The van der Waals surface area contributed by atoms with Crippen LogP contribution in [-0.2, 0) is 0 Å². The average molecular weight is 336 g/mol. The molecular formula is C19H20N4O2. The Morgan fingerprint density at radius 2 is 1.92 bits per heavy atom. The molecule has 2 N–H and O–H groups in total. The number of aromatic nitrogens is 3. The number of rotatable bonds is 7. The van der Waals surface area contributed by atoms with Crippen LogP contribution in [0, 0.1) is 0 Å². The molecule has 0 amide bonds. The highest BCUT2D eigenvalue weighted by atomic mass is 16.5. The summed E-state index contributed by atoms with van der Waals surface area (Å²) < 4.78 is 5.34. The van der Waals surface area contributed by atoms with E-state index in [1.54, 1.807) is 6.20 Å². The van der Waals surface area contributed by atoms with Gasteiger partial charge in [-0.15, -0.1) is 0 Å². The van der Waals surface area contributed by atoms with Crippen LogP contribution in [0.15, 0.2) is 61.1 Å². The summed E-state index contributed by atoms with van der Waals surface area (Å²) in [5.41, 5.74) is 2.49. The van der Waals surface area contributed by atoms with Crippen LogP contribution in [0.1, 0.15) is 18.6 Å². The Balaban J connectivity index is 1.67. The third-order valence-corrected chi connectivity index (χ3v) is 3.65. The van der Waals surface area contributed by atoms with Gasteiger partial charge < -0.3 is 15.2 Å². The van der Waals surface area contributed by atoms with Crippen molar-refractivity contribution in [1.82, 2.24) is 15.0 Å². The van der Waals surface area contributed by atoms with Gasteiger partial charge in [0.25, 0.3) is 0 Å². The van der Waals surface area contributed by atoms with Crippen LogP contribution in [0.4, 0.5) is 5.82 Å². The van der Waals surface area contributed by atoms with Crippen LogP contribution in [0.2, 0.25) is 0 Å². The first-order chi connectivity index (χ1) is 12.3. The van der Waals surface area contributed by atoms with Crippen molar-refractivity contribution in [1.29, 1.82) is 0 Å². The number of nitrogens with zero attached hydrogens (tertiary/aromatic N) is 3. The number of anilines is 1. The largest absolute Gasteiger partial charge is 0.478 e. The lowest BCUT2D eigenvalue weighted by Crippen LogP contribution is -2.13. The number of hydrogen-bond acceptors (Lipinski definition) is 6. The Hall–Kier alpha value is -2.99. The molecule has 0 radical (unpaired) electrons. The van der Waals surface area contributed by atoms with Crippen LogP contribution in [0.3, 0.4) is 0 Å². The van der Waals surface area contributed by atoms with E-state index in [4.69, 9.17) is 4.74 Å². The maximum atomic E-state index is 10.2. The fourth-order valence-corrected chi connectivity index (χ4v) is 2.37. The molecule has 128 valence electrons. The van der Waals surface area contributed by atoms with Gasteiger partial charge in [0.05, 0.1) is 18.4 Å². The van der Waals surface area contributed by atoms with Gasteiger partial charge in [-0.2, -0.15) is 0 Å². The topological polar surface area (TPSA) is 80.2 Å². The van der Waals surface area contributed by atoms with E-state index in [2.05, 4.69) is 20.3 Å². The summed E-state index contributed by atoms with van der Waals surface area (Å²) >= 11 is 0. The number of aliphatic hydroxyl groups excluding tert-OH is 1. The van der Waals surface area contributed by atoms with E-state index >= 15 is 0 Å². The van der Waals surface area contributed by atoms with Crippen LogP contribution in [0.25, 0.3) is 11.3 Å². The lowest BCUT2D eigenvalue weighted by Gasteiger charge is -2.13. The van der Waals surface area contributed by atoms with Gasteiger partial charge in [-0.3, -0.25) is 0 Å². The van der Waals surface area contributed by atoms with Gasteiger partial charge >= 0.3 is 0 Å². The Morgan fingerprint density at radius 1 is 1.08 bits per heavy atom. The molecule has 25 heavy (non-hydrogen) atoms. The molecule has 0 bridgehead atoms. The van der Waals surface area contributed by atoms with Crippen LogP contribution < -0.4 is 10.1 Å². The fourth-order valence-electron chi connectivity index (χ4n) is 2.37. The average Bonchev–Trinajstić information content (AvgIpc) is 2.68. The number of hydrogen-bond donors (Lipinski definition) is 2. The predicted molar refractivity (Wildman–Crippen MR) is 96.3 cm³/mol. The second-order valence-corrected chi connectivity index (χ2v) is 5.41. The molecule has 0 saturated carbocycles. The van der Waals surface area contributed by atoms with Gasteiger partial charge in [-0.1, -0.05) is 30.3 Å². The van der Waals surface area contributed by atoms with Crippen LogP contribution >= 0.6 is 0 Å². The zero-order valence-electron chi connectivity index (χ0n) is 14.0. The van der Waals surface area contributed by atoms with Crippen molar-refractivity contribution in [2.24, 2.45) is 0 Å². The van der Waals surface area contributed by atoms with E-state index in [1.165, 1.54) is 6.33 Å². The van der Waals surface area contributed by atoms with Crippen molar-refractivity contribution in [2.45, 2.75) is 13.0 Å². The molecule has 2 aromatic heterocycles. The zero-order valence-corrected chi connectivity index (χ0v) is 14.0. The summed E-state index contributed by atoms with van der Waals surface area (Å²) in [6, 6.07) is 15.1. The van der Waals surface area contributed by atoms with Crippen molar-refractivity contribution >= 4 is 5.82 Å². The SMILES string of the molecule is CCOc1ccc(-c2cc(NC[C@H](O)c3ccccc3)ncn2)cn1. The Kier molecular flexibility index (Phi) is 5.53. The maximum absolute atomic E-state index is 10.2. The second kappa shape index (κ2) is 8.21. The van der Waals surface area contributed by atoms with Crippen molar-refractivity contribution in [3.63, 3.8) is 0 Å². The number of ether oxygens (including phenoxy) is 1. The molecule has 2 heterocycles. The van der Waals surface area contributed by atoms with Gasteiger partial charge in [-0.25, -0.2) is 15.0 Å². The predicted octanol–water partition coefficient (Wildman–Crippen LogP) is 3.08. The standard InChI is InChI=1S/C19H20N4O2/c1-2-25-19-9-8-15(11-21-19)16-10-18(23-13-22-16)20-12-17(24)14-6-4-3-5-7-14/h3-11,13,17,24H,2,12H2,1H3,(H,20,22,23)/t17-/m0/s1.